The van der Waals surface area contributed by atoms with E-state index in [9.17, 15) is 4.79 Å². The molecule has 0 radical (unpaired) electrons. The monoisotopic (exact) mass is 311 g/mol. The Morgan fingerprint density at radius 1 is 1.35 bits per heavy atom. The first kappa shape index (κ1) is 12.0. The zero-order valence-electron chi connectivity index (χ0n) is 8.52. The van der Waals surface area contributed by atoms with Gasteiger partial charge in [0.05, 0.1) is 16.4 Å². The molecule has 0 atom stereocenters. The highest BCUT2D eigenvalue weighted by molar-refractivity contribution is 9.10. The SMILES string of the molecule is O=C(Nc1cnc(Cl)c(Br)c1)c1ccccn1. The van der Waals surface area contributed by atoms with Crippen LogP contribution in [-0.4, -0.2) is 15.9 Å². The molecule has 17 heavy (non-hydrogen) atoms. The van der Waals surface area contributed by atoms with Gasteiger partial charge in [-0.05, 0) is 34.1 Å². The Morgan fingerprint density at radius 2 is 2.18 bits per heavy atom. The van der Waals surface area contributed by atoms with Crippen LogP contribution in [0.4, 0.5) is 5.69 Å². The molecule has 0 bridgehead atoms. The molecule has 2 aromatic rings. The number of amides is 1. The van der Waals surface area contributed by atoms with Crippen LogP contribution >= 0.6 is 27.5 Å². The van der Waals surface area contributed by atoms with Gasteiger partial charge in [0.15, 0.2) is 0 Å². The summed E-state index contributed by atoms with van der Waals surface area (Å²) in [5, 5.41) is 3.02. The quantitative estimate of drug-likeness (QED) is 0.867. The van der Waals surface area contributed by atoms with Crippen molar-refractivity contribution in [1.82, 2.24) is 9.97 Å². The lowest BCUT2D eigenvalue weighted by molar-refractivity contribution is 0.102. The molecule has 0 spiro atoms. The fourth-order valence-electron chi connectivity index (χ4n) is 1.18. The topological polar surface area (TPSA) is 54.9 Å². The molecular weight excluding hydrogens is 305 g/mol. The average molecular weight is 313 g/mol. The van der Waals surface area contributed by atoms with Crippen LogP contribution in [0.15, 0.2) is 41.1 Å². The highest BCUT2D eigenvalue weighted by Crippen LogP contribution is 2.22. The number of hydrogen-bond donors (Lipinski definition) is 1. The lowest BCUT2D eigenvalue weighted by atomic mass is 10.3. The summed E-state index contributed by atoms with van der Waals surface area (Å²) in [6, 6.07) is 6.80. The number of carbonyl (C=O) groups excluding carboxylic acids is 1. The standard InChI is InChI=1S/C11H7BrClN3O/c12-8-5-7(6-15-10(8)13)16-11(17)9-3-1-2-4-14-9/h1-6H,(H,16,17). The zero-order valence-corrected chi connectivity index (χ0v) is 10.9. The Kier molecular flexibility index (Phi) is 3.71. The van der Waals surface area contributed by atoms with Gasteiger partial charge in [-0.25, -0.2) is 4.98 Å². The van der Waals surface area contributed by atoms with E-state index in [-0.39, 0.29) is 5.91 Å². The van der Waals surface area contributed by atoms with Gasteiger partial charge in [-0.2, -0.15) is 0 Å². The first-order valence-corrected chi connectivity index (χ1v) is 5.87. The minimum absolute atomic E-state index is 0.290. The second-order valence-corrected chi connectivity index (χ2v) is 4.38. The van der Waals surface area contributed by atoms with Crippen molar-refractivity contribution in [3.63, 3.8) is 0 Å². The Labute approximate surface area is 111 Å². The van der Waals surface area contributed by atoms with E-state index in [0.717, 1.165) is 0 Å². The maximum atomic E-state index is 11.8. The van der Waals surface area contributed by atoms with Crippen molar-refractivity contribution in [3.05, 3.63) is 52.0 Å². The molecular formula is C11H7BrClN3O. The van der Waals surface area contributed by atoms with Gasteiger partial charge in [-0.3, -0.25) is 9.78 Å². The fraction of sp³-hybridized carbons (Fsp3) is 0. The van der Waals surface area contributed by atoms with E-state index in [1.165, 1.54) is 6.20 Å². The van der Waals surface area contributed by atoms with Gasteiger partial charge in [0.25, 0.3) is 5.91 Å². The molecule has 86 valence electrons. The van der Waals surface area contributed by atoms with Crippen molar-refractivity contribution in [3.8, 4) is 0 Å². The number of hydrogen-bond acceptors (Lipinski definition) is 3. The van der Waals surface area contributed by atoms with E-state index in [4.69, 9.17) is 11.6 Å². The summed E-state index contributed by atoms with van der Waals surface area (Å²) < 4.78 is 0.623. The number of halogens is 2. The molecule has 0 aromatic carbocycles. The summed E-state index contributed by atoms with van der Waals surface area (Å²) >= 11 is 8.98. The van der Waals surface area contributed by atoms with Crippen LogP contribution in [0.25, 0.3) is 0 Å². The average Bonchev–Trinajstić information content (AvgIpc) is 2.35. The number of aromatic nitrogens is 2. The summed E-state index contributed by atoms with van der Waals surface area (Å²) in [7, 11) is 0. The molecule has 2 aromatic heterocycles. The molecule has 2 heterocycles. The van der Waals surface area contributed by atoms with Crippen molar-refractivity contribution >= 4 is 39.1 Å². The first-order chi connectivity index (χ1) is 8.16. The van der Waals surface area contributed by atoms with Gasteiger partial charge in [-0.1, -0.05) is 17.7 Å². The normalized spacial score (nSPS) is 10.0. The minimum Gasteiger partial charge on any atom is -0.319 e. The second-order valence-electron chi connectivity index (χ2n) is 3.17. The molecule has 1 N–H and O–H groups in total. The number of carbonyl (C=O) groups is 1. The van der Waals surface area contributed by atoms with Crippen molar-refractivity contribution in [1.29, 1.82) is 0 Å². The number of nitrogens with zero attached hydrogens (tertiary/aromatic N) is 2. The summed E-state index contributed by atoms with van der Waals surface area (Å²) in [6.07, 6.45) is 3.04. The maximum Gasteiger partial charge on any atom is 0.274 e. The van der Waals surface area contributed by atoms with E-state index in [1.807, 2.05) is 0 Å². The van der Waals surface area contributed by atoms with E-state index in [2.05, 4.69) is 31.2 Å². The maximum absolute atomic E-state index is 11.8. The van der Waals surface area contributed by atoms with Crippen LogP contribution in [-0.2, 0) is 0 Å². The molecule has 0 saturated carbocycles. The summed E-state index contributed by atoms with van der Waals surface area (Å²) in [6.45, 7) is 0. The summed E-state index contributed by atoms with van der Waals surface area (Å²) in [4.78, 5) is 19.6. The third kappa shape index (κ3) is 3.01. The van der Waals surface area contributed by atoms with Gasteiger partial charge >= 0.3 is 0 Å². The second kappa shape index (κ2) is 5.25. The summed E-state index contributed by atoms with van der Waals surface area (Å²) in [5.41, 5.74) is 0.899. The Bertz CT molecular complexity index is 548. The predicted molar refractivity (Wildman–Crippen MR) is 69.1 cm³/mol. The van der Waals surface area contributed by atoms with Crippen LogP contribution < -0.4 is 5.32 Å². The van der Waals surface area contributed by atoms with Crippen molar-refractivity contribution in [2.75, 3.05) is 5.32 Å². The van der Waals surface area contributed by atoms with Crippen molar-refractivity contribution in [2.45, 2.75) is 0 Å². The number of anilines is 1. The molecule has 2 rings (SSSR count). The third-order valence-electron chi connectivity index (χ3n) is 1.95. The van der Waals surface area contributed by atoms with Crippen molar-refractivity contribution in [2.24, 2.45) is 0 Å². The van der Waals surface area contributed by atoms with Crippen LogP contribution in [0, 0.1) is 0 Å². The molecule has 6 heteroatoms. The molecule has 1 amide bonds. The Morgan fingerprint density at radius 3 is 2.82 bits per heavy atom. The highest BCUT2D eigenvalue weighted by atomic mass is 79.9. The van der Waals surface area contributed by atoms with E-state index in [1.54, 1.807) is 30.5 Å². The summed E-state index contributed by atoms with van der Waals surface area (Å²) in [5.74, 6) is -0.290. The molecule has 0 aliphatic heterocycles. The van der Waals surface area contributed by atoms with Crippen LogP contribution in [0.1, 0.15) is 10.5 Å². The Hall–Kier alpha value is -1.46. The Balaban J connectivity index is 2.16. The molecule has 0 fully saturated rings. The fourth-order valence-corrected chi connectivity index (χ4v) is 1.63. The lowest BCUT2D eigenvalue weighted by Crippen LogP contribution is -2.13. The van der Waals surface area contributed by atoms with Crippen LogP contribution in [0.3, 0.4) is 0 Å². The van der Waals surface area contributed by atoms with Gasteiger partial charge in [0.1, 0.15) is 10.8 Å². The van der Waals surface area contributed by atoms with E-state index < -0.39 is 0 Å². The minimum atomic E-state index is -0.290. The molecule has 0 aliphatic carbocycles. The number of pyridine rings is 2. The molecule has 0 saturated heterocycles. The molecule has 4 nitrogen and oxygen atoms in total. The predicted octanol–water partition coefficient (Wildman–Crippen LogP) is 3.14. The third-order valence-corrected chi connectivity index (χ3v) is 3.09. The van der Waals surface area contributed by atoms with Gasteiger partial charge < -0.3 is 5.32 Å². The number of nitrogens with one attached hydrogen (secondary N) is 1. The van der Waals surface area contributed by atoms with E-state index in [0.29, 0.717) is 21.0 Å². The lowest BCUT2D eigenvalue weighted by Gasteiger charge is -2.04. The van der Waals surface area contributed by atoms with Gasteiger partial charge in [0, 0.05) is 6.20 Å². The van der Waals surface area contributed by atoms with Gasteiger partial charge in [0.2, 0.25) is 0 Å². The highest BCUT2D eigenvalue weighted by Gasteiger charge is 2.08. The van der Waals surface area contributed by atoms with Crippen molar-refractivity contribution < 1.29 is 4.79 Å². The molecule has 0 unspecified atom stereocenters. The van der Waals surface area contributed by atoms with Gasteiger partial charge in [-0.15, -0.1) is 0 Å². The zero-order chi connectivity index (χ0) is 12.3. The van der Waals surface area contributed by atoms with E-state index >= 15 is 0 Å². The smallest absolute Gasteiger partial charge is 0.274 e. The van der Waals surface area contributed by atoms with Crippen LogP contribution in [0.2, 0.25) is 5.15 Å². The first-order valence-electron chi connectivity index (χ1n) is 4.70. The molecule has 0 aliphatic rings. The van der Waals surface area contributed by atoms with Crippen LogP contribution in [0.5, 0.6) is 0 Å². The largest absolute Gasteiger partial charge is 0.319 e. The number of rotatable bonds is 2.